The molecule has 2 heterocycles. The van der Waals surface area contributed by atoms with E-state index in [4.69, 9.17) is 5.26 Å². The van der Waals surface area contributed by atoms with Crippen LogP contribution >= 0.6 is 0 Å². The average Bonchev–Trinajstić information content (AvgIpc) is 2.80. The number of aliphatic imine (C=N–C) groups is 1. The second kappa shape index (κ2) is 4.08. The molecule has 1 aliphatic heterocycles. The van der Waals surface area contributed by atoms with Gasteiger partial charge in [-0.15, -0.1) is 0 Å². The third kappa shape index (κ3) is 1.68. The summed E-state index contributed by atoms with van der Waals surface area (Å²) >= 11 is 0. The topological polar surface area (TPSA) is 49.0 Å². The molecule has 0 spiro atoms. The molecule has 0 bridgehead atoms. The zero-order valence-electron chi connectivity index (χ0n) is 9.34. The molecule has 3 rings (SSSR count). The summed E-state index contributed by atoms with van der Waals surface area (Å²) in [6.07, 6.45) is 1.62. The van der Waals surface area contributed by atoms with Crippen molar-refractivity contribution in [2.24, 2.45) is 4.99 Å². The lowest BCUT2D eigenvalue weighted by Gasteiger charge is -2.04. The highest BCUT2D eigenvalue weighted by molar-refractivity contribution is 7.03. The van der Waals surface area contributed by atoms with E-state index in [0.717, 1.165) is 16.7 Å². The van der Waals surface area contributed by atoms with Crippen molar-refractivity contribution < 1.29 is 4.39 Å². The van der Waals surface area contributed by atoms with Crippen LogP contribution in [0.2, 0.25) is 0 Å². The van der Waals surface area contributed by atoms with Crippen molar-refractivity contribution in [3.8, 4) is 17.2 Å². The Morgan fingerprint density at radius 3 is 2.89 bits per heavy atom. The molecule has 3 nitrogen and oxygen atoms in total. The molecule has 0 unspecified atom stereocenters. The standard InChI is InChI=1S/C13H7BFN3/c15-13-3-1-2-11(18-13)9-4-5-10-12(6-9)17-8-14(10)7-16/h1-6,8H. The lowest BCUT2D eigenvalue weighted by atomic mass is 9.48. The predicted octanol–water partition coefficient (Wildman–Crippen LogP) is 1.91. The minimum atomic E-state index is -0.508. The number of benzene rings is 1. The van der Waals surface area contributed by atoms with Gasteiger partial charge in [0, 0.05) is 11.5 Å². The molecule has 0 fully saturated rings. The molecule has 0 amide bonds. The zero-order valence-corrected chi connectivity index (χ0v) is 9.34. The van der Waals surface area contributed by atoms with Crippen LogP contribution in [0, 0.1) is 17.2 Å². The van der Waals surface area contributed by atoms with Crippen LogP contribution in [0.4, 0.5) is 10.1 Å². The van der Waals surface area contributed by atoms with E-state index < -0.39 is 5.95 Å². The van der Waals surface area contributed by atoms with Gasteiger partial charge in [-0.05, 0) is 29.8 Å². The van der Waals surface area contributed by atoms with Gasteiger partial charge in [-0.25, -0.2) is 10.2 Å². The fraction of sp³-hybridized carbons (Fsp3) is 0. The second-order valence-corrected chi connectivity index (χ2v) is 4.00. The lowest BCUT2D eigenvalue weighted by molar-refractivity contribution is 0.585. The highest BCUT2D eigenvalue weighted by Gasteiger charge is 2.23. The van der Waals surface area contributed by atoms with E-state index in [9.17, 15) is 4.39 Å². The van der Waals surface area contributed by atoms with Crippen molar-refractivity contribution in [3.05, 3.63) is 42.3 Å². The average molecular weight is 235 g/mol. The van der Waals surface area contributed by atoms with Crippen molar-refractivity contribution in [1.82, 2.24) is 4.98 Å². The summed E-state index contributed by atoms with van der Waals surface area (Å²) in [6, 6.07) is 10.2. The van der Waals surface area contributed by atoms with Crippen molar-refractivity contribution in [2.75, 3.05) is 0 Å². The van der Waals surface area contributed by atoms with Crippen LogP contribution in [0.3, 0.4) is 0 Å². The molecule has 0 N–H and O–H groups in total. The first-order chi connectivity index (χ1) is 8.78. The summed E-state index contributed by atoms with van der Waals surface area (Å²) < 4.78 is 13.1. The van der Waals surface area contributed by atoms with E-state index in [1.165, 1.54) is 6.07 Å². The number of hydrogen-bond donors (Lipinski definition) is 0. The minimum absolute atomic E-state index is 0.283. The number of halogens is 1. The monoisotopic (exact) mass is 235 g/mol. The Bertz CT molecular complexity index is 691. The predicted molar refractivity (Wildman–Crippen MR) is 68.8 cm³/mol. The molecule has 1 aliphatic rings. The van der Waals surface area contributed by atoms with Gasteiger partial charge in [-0.1, -0.05) is 18.2 Å². The molecule has 0 radical (unpaired) electrons. The van der Waals surface area contributed by atoms with Crippen LogP contribution in [-0.4, -0.2) is 17.8 Å². The van der Waals surface area contributed by atoms with Crippen molar-refractivity contribution >= 4 is 24.0 Å². The Balaban J connectivity index is 2.07. The molecule has 0 aliphatic carbocycles. The van der Waals surface area contributed by atoms with E-state index >= 15 is 0 Å². The number of rotatable bonds is 1. The number of pyridine rings is 1. The molecular formula is C13H7BFN3. The maximum Gasteiger partial charge on any atom is 0.346 e. The molecule has 0 saturated heterocycles. The van der Waals surface area contributed by atoms with Gasteiger partial charge in [0.05, 0.1) is 11.4 Å². The lowest BCUT2D eigenvalue weighted by Crippen LogP contribution is -2.26. The number of nitrogens with zero attached hydrogens (tertiary/aromatic N) is 3. The van der Waals surface area contributed by atoms with Gasteiger partial charge in [-0.3, -0.25) is 4.99 Å². The summed E-state index contributed by atoms with van der Waals surface area (Å²) in [6.45, 7) is -0.283. The third-order valence-electron chi connectivity index (χ3n) is 2.88. The molecule has 1 aromatic heterocycles. The van der Waals surface area contributed by atoms with Gasteiger partial charge >= 0.3 is 6.71 Å². The van der Waals surface area contributed by atoms with Gasteiger partial charge in [0.15, 0.2) is 0 Å². The molecule has 0 atom stereocenters. The third-order valence-corrected chi connectivity index (χ3v) is 2.88. The Morgan fingerprint density at radius 2 is 2.11 bits per heavy atom. The normalized spacial score (nSPS) is 12.3. The van der Waals surface area contributed by atoms with Crippen molar-refractivity contribution in [1.29, 1.82) is 5.26 Å². The molecule has 0 saturated carbocycles. The number of hydrogen-bond acceptors (Lipinski definition) is 3. The highest BCUT2D eigenvalue weighted by atomic mass is 19.1. The Morgan fingerprint density at radius 1 is 1.22 bits per heavy atom. The summed E-state index contributed by atoms with van der Waals surface area (Å²) in [4.78, 5) is 8.02. The van der Waals surface area contributed by atoms with Crippen LogP contribution in [0.15, 0.2) is 41.4 Å². The second-order valence-electron chi connectivity index (χ2n) is 4.00. The fourth-order valence-corrected chi connectivity index (χ4v) is 1.98. The minimum Gasteiger partial charge on any atom is -0.270 e. The van der Waals surface area contributed by atoms with E-state index in [1.807, 2.05) is 18.2 Å². The zero-order chi connectivity index (χ0) is 12.5. The smallest absolute Gasteiger partial charge is 0.270 e. The van der Waals surface area contributed by atoms with Gasteiger partial charge < -0.3 is 0 Å². The van der Waals surface area contributed by atoms with E-state index in [-0.39, 0.29) is 6.71 Å². The van der Waals surface area contributed by atoms with E-state index in [0.29, 0.717) is 5.69 Å². The van der Waals surface area contributed by atoms with Crippen LogP contribution in [0.1, 0.15) is 0 Å². The molecule has 2 aromatic rings. The van der Waals surface area contributed by atoms with Crippen LogP contribution in [-0.2, 0) is 0 Å². The summed E-state index contributed by atoms with van der Waals surface area (Å²) in [5.74, 6) is 1.66. The number of fused-ring (bicyclic) bond motifs is 1. The van der Waals surface area contributed by atoms with Gasteiger partial charge in [0.1, 0.15) is 0 Å². The van der Waals surface area contributed by atoms with Gasteiger partial charge in [-0.2, -0.15) is 4.39 Å². The fourth-order valence-electron chi connectivity index (χ4n) is 1.98. The first kappa shape index (κ1) is 10.7. The van der Waals surface area contributed by atoms with Gasteiger partial charge in [0.25, 0.3) is 0 Å². The Kier molecular flexibility index (Phi) is 2.42. The van der Waals surface area contributed by atoms with Crippen LogP contribution < -0.4 is 5.46 Å². The Labute approximate surface area is 104 Å². The molecule has 1 aromatic carbocycles. The first-order valence-electron chi connectivity index (χ1n) is 5.48. The Hall–Kier alpha value is -2.48. The maximum atomic E-state index is 13.1. The number of nitriles is 1. The van der Waals surface area contributed by atoms with Crippen LogP contribution in [0.25, 0.3) is 11.3 Å². The van der Waals surface area contributed by atoms with E-state index in [1.54, 1.807) is 18.2 Å². The largest absolute Gasteiger partial charge is 0.346 e. The van der Waals surface area contributed by atoms with E-state index in [2.05, 4.69) is 15.9 Å². The number of aromatic nitrogens is 1. The molecule has 84 valence electrons. The van der Waals surface area contributed by atoms with Gasteiger partial charge in [0.2, 0.25) is 5.95 Å². The summed E-state index contributed by atoms with van der Waals surface area (Å²) in [5.41, 5.74) is 3.00. The summed E-state index contributed by atoms with van der Waals surface area (Å²) in [5, 5.41) is 8.93. The maximum absolute atomic E-state index is 13.1. The quantitative estimate of drug-likeness (QED) is 0.559. The van der Waals surface area contributed by atoms with Crippen molar-refractivity contribution in [2.45, 2.75) is 0 Å². The SMILES string of the molecule is N#CB1C=Nc2cc(-c3cccc(F)n3)ccc21. The molecular weight excluding hydrogens is 228 g/mol. The van der Waals surface area contributed by atoms with Crippen molar-refractivity contribution in [3.63, 3.8) is 0 Å². The highest BCUT2D eigenvalue weighted by Crippen LogP contribution is 2.23. The molecule has 5 heteroatoms. The first-order valence-corrected chi connectivity index (χ1v) is 5.48. The molecule has 18 heavy (non-hydrogen) atoms. The van der Waals surface area contributed by atoms with Crippen LogP contribution in [0.5, 0.6) is 0 Å². The summed E-state index contributed by atoms with van der Waals surface area (Å²) in [7, 11) is 0.